The zero-order valence-electron chi connectivity index (χ0n) is 17.0. The Morgan fingerprint density at radius 3 is 2.52 bits per heavy atom. The molecule has 0 aliphatic carbocycles. The summed E-state index contributed by atoms with van der Waals surface area (Å²) < 4.78 is 7.75. The lowest BCUT2D eigenvalue weighted by Gasteiger charge is -2.20. The molecule has 3 rings (SSSR count). The van der Waals surface area contributed by atoms with Crippen LogP contribution in [-0.2, 0) is 0 Å². The highest BCUT2D eigenvalue weighted by atomic mass is 35.5. The number of amides is 1. The second-order valence-electron chi connectivity index (χ2n) is 7.78. The molecule has 5 nitrogen and oxygen atoms in total. The summed E-state index contributed by atoms with van der Waals surface area (Å²) in [5.41, 5.74) is 9.01. The number of primary amides is 1. The first kappa shape index (κ1) is 21.5. The Labute approximate surface area is 180 Å². The molecule has 0 spiro atoms. The van der Waals surface area contributed by atoms with Gasteiger partial charge in [-0.05, 0) is 56.9 Å². The maximum absolute atomic E-state index is 11.9. The SMILES string of the molecule is Cc1c(C(N)=O)cc(-c2cc(-c3ccc(Cl)cc3Cl)no2)n1C(C)CCC(C)C. The smallest absolute Gasteiger partial charge is 0.250 e. The van der Waals surface area contributed by atoms with Gasteiger partial charge >= 0.3 is 0 Å². The van der Waals surface area contributed by atoms with Crippen molar-refractivity contribution in [2.75, 3.05) is 0 Å². The van der Waals surface area contributed by atoms with Gasteiger partial charge in [0.05, 0.1) is 16.3 Å². The molecule has 0 aliphatic rings. The number of aromatic nitrogens is 2. The fraction of sp³-hybridized carbons (Fsp3) is 0.364. The van der Waals surface area contributed by atoms with E-state index in [0.717, 1.165) is 29.8 Å². The Morgan fingerprint density at radius 1 is 1.17 bits per heavy atom. The fourth-order valence-corrected chi connectivity index (χ4v) is 4.06. The maximum Gasteiger partial charge on any atom is 0.250 e. The van der Waals surface area contributed by atoms with Crippen LogP contribution in [0.25, 0.3) is 22.7 Å². The fourth-order valence-electron chi connectivity index (χ4n) is 3.55. The minimum absolute atomic E-state index is 0.174. The van der Waals surface area contributed by atoms with E-state index in [0.29, 0.717) is 33.0 Å². The van der Waals surface area contributed by atoms with E-state index in [2.05, 4.69) is 30.5 Å². The van der Waals surface area contributed by atoms with Crippen molar-refractivity contribution in [2.45, 2.75) is 46.6 Å². The predicted octanol–water partition coefficient (Wildman–Crippen LogP) is 6.52. The first-order valence-electron chi connectivity index (χ1n) is 9.63. The van der Waals surface area contributed by atoms with Crippen molar-refractivity contribution in [3.63, 3.8) is 0 Å². The second kappa shape index (κ2) is 8.64. The molecule has 0 radical (unpaired) electrons. The molecule has 2 N–H and O–H groups in total. The van der Waals surface area contributed by atoms with Gasteiger partial charge in [-0.2, -0.15) is 0 Å². The van der Waals surface area contributed by atoms with Gasteiger partial charge in [-0.3, -0.25) is 4.79 Å². The van der Waals surface area contributed by atoms with E-state index in [1.165, 1.54) is 0 Å². The van der Waals surface area contributed by atoms with Gasteiger partial charge in [0.2, 0.25) is 0 Å². The van der Waals surface area contributed by atoms with Crippen LogP contribution in [0.1, 0.15) is 55.7 Å². The molecule has 3 aromatic rings. The van der Waals surface area contributed by atoms with E-state index in [4.69, 9.17) is 33.5 Å². The van der Waals surface area contributed by atoms with Crippen LogP contribution in [0, 0.1) is 12.8 Å². The van der Waals surface area contributed by atoms with Crippen molar-refractivity contribution in [3.8, 4) is 22.7 Å². The molecule has 7 heteroatoms. The number of nitrogens with two attached hydrogens (primary N) is 1. The molecule has 0 bridgehead atoms. The molecule has 0 saturated carbocycles. The zero-order valence-corrected chi connectivity index (χ0v) is 18.5. The van der Waals surface area contributed by atoms with Crippen LogP contribution < -0.4 is 5.73 Å². The molecule has 1 unspecified atom stereocenters. The lowest BCUT2D eigenvalue weighted by atomic mass is 10.0. The monoisotopic (exact) mass is 433 g/mol. The van der Waals surface area contributed by atoms with Crippen molar-refractivity contribution < 1.29 is 9.32 Å². The van der Waals surface area contributed by atoms with Crippen molar-refractivity contribution >= 4 is 29.1 Å². The Kier molecular flexibility index (Phi) is 6.39. The number of nitrogens with zero attached hydrogens (tertiary/aromatic N) is 2. The summed E-state index contributed by atoms with van der Waals surface area (Å²) >= 11 is 12.3. The van der Waals surface area contributed by atoms with Crippen molar-refractivity contribution in [3.05, 3.63) is 51.6 Å². The summed E-state index contributed by atoms with van der Waals surface area (Å²) in [6.45, 7) is 8.44. The summed E-state index contributed by atoms with van der Waals surface area (Å²) in [7, 11) is 0. The van der Waals surface area contributed by atoms with E-state index in [1.807, 2.05) is 13.0 Å². The Morgan fingerprint density at radius 2 is 1.90 bits per heavy atom. The number of halogens is 2. The molecule has 2 heterocycles. The van der Waals surface area contributed by atoms with Gasteiger partial charge in [0.25, 0.3) is 5.91 Å². The quantitative estimate of drug-likeness (QED) is 0.460. The standard InChI is InChI=1S/C22H25Cl2N3O2/c1-12(2)5-6-13(3)27-14(4)17(22(25)28)10-20(27)21-11-19(26-29-21)16-8-7-15(23)9-18(16)24/h7-13H,5-6H2,1-4H3,(H2,25,28). The highest BCUT2D eigenvalue weighted by molar-refractivity contribution is 6.36. The predicted molar refractivity (Wildman–Crippen MR) is 117 cm³/mol. The van der Waals surface area contributed by atoms with Crippen LogP contribution in [-0.4, -0.2) is 15.6 Å². The molecular formula is C22H25Cl2N3O2. The van der Waals surface area contributed by atoms with E-state index < -0.39 is 5.91 Å². The molecule has 2 aromatic heterocycles. The van der Waals surface area contributed by atoms with Gasteiger partial charge in [0.1, 0.15) is 5.69 Å². The highest BCUT2D eigenvalue weighted by Crippen LogP contribution is 2.35. The summed E-state index contributed by atoms with van der Waals surface area (Å²) in [5, 5.41) is 5.23. The third-order valence-corrected chi connectivity index (χ3v) is 5.68. The first-order chi connectivity index (χ1) is 13.7. The molecule has 0 fully saturated rings. The van der Waals surface area contributed by atoms with E-state index in [9.17, 15) is 4.79 Å². The number of hydrogen-bond acceptors (Lipinski definition) is 3. The number of benzene rings is 1. The summed E-state index contributed by atoms with van der Waals surface area (Å²) in [6, 6.07) is 8.99. The van der Waals surface area contributed by atoms with Crippen LogP contribution >= 0.6 is 23.2 Å². The molecule has 29 heavy (non-hydrogen) atoms. The molecular weight excluding hydrogens is 409 g/mol. The summed E-state index contributed by atoms with van der Waals surface area (Å²) in [4.78, 5) is 11.9. The lowest BCUT2D eigenvalue weighted by molar-refractivity contribution is 0.0999. The van der Waals surface area contributed by atoms with Crippen molar-refractivity contribution in [2.24, 2.45) is 11.7 Å². The minimum atomic E-state index is -0.459. The molecule has 0 saturated heterocycles. The largest absolute Gasteiger partial charge is 0.366 e. The maximum atomic E-state index is 11.9. The topological polar surface area (TPSA) is 74.1 Å². The van der Waals surface area contributed by atoms with E-state index in [-0.39, 0.29) is 6.04 Å². The molecule has 1 amide bonds. The summed E-state index contributed by atoms with van der Waals surface area (Å²) in [5.74, 6) is 0.688. The molecule has 1 atom stereocenters. The van der Waals surface area contributed by atoms with Crippen molar-refractivity contribution in [1.82, 2.24) is 9.72 Å². The Bertz CT molecular complexity index is 1040. The third-order valence-electron chi connectivity index (χ3n) is 5.13. The average molecular weight is 434 g/mol. The van der Waals surface area contributed by atoms with Crippen LogP contribution in [0.2, 0.25) is 10.0 Å². The van der Waals surface area contributed by atoms with Gasteiger partial charge in [-0.15, -0.1) is 0 Å². The molecule has 1 aromatic carbocycles. The third kappa shape index (κ3) is 4.51. The second-order valence-corrected chi connectivity index (χ2v) is 8.63. The van der Waals surface area contributed by atoms with E-state index in [1.54, 1.807) is 24.3 Å². The van der Waals surface area contributed by atoms with Gasteiger partial charge in [0, 0.05) is 28.4 Å². The van der Waals surface area contributed by atoms with Crippen LogP contribution in [0.15, 0.2) is 34.9 Å². The van der Waals surface area contributed by atoms with Gasteiger partial charge < -0.3 is 14.8 Å². The van der Waals surface area contributed by atoms with Gasteiger partial charge in [0.15, 0.2) is 5.76 Å². The van der Waals surface area contributed by atoms with Gasteiger partial charge in [-0.1, -0.05) is 42.2 Å². The molecule has 154 valence electrons. The highest BCUT2D eigenvalue weighted by Gasteiger charge is 2.23. The first-order valence-corrected chi connectivity index (χ1v) is 10.4. The van der Waals surface area contributed by atoms with Gasteiger partial charge in [-0.25, -0.2) is 0 Å². The lowest BCUT2D eigenvalue weighted by Crippen LogP contribution is -2.14. The van der Waals surface area contributed by atoms with Crippen molar-refractivity contribution in [1.29, 1.82) is 0 Å². The molecule has 0 aliphatic heterocycles. The van der Waals surface area contributed by atoms with Crippen LogP contribution in [0.5, 0.6) is 0 Å². The number of carbonyl (C=O) groups is 1. The minimum Gasteiger partial charge on any atom is -0.366 e. The number of carbonyl (C=O) groups excluding carboxylic acids is 1. The van der Waals surface area contributed by atoms with Crippen LogP contribution in [0.4, 0.5) is 0 Å². The normalized spacial score (nSPS) is 12.5. The number of rotatable bonds is 7. The Hall–Kier alpha value is -2.24. The average Bonchev–Trinajstić information content (AvgIpc) is 3.24. The van der Waals surface area contributed by atoms with Crippen LogP contribution in [0.3, 0.4) is 0 Å². The number of hydrogen-bond donors (Lipinski definition) is 1. The summed E-state index contributed by atoms with van der Waals surface area (Å²) in [6.07, 6.45) is 2.05. The van der Waals surface area contributed by atoms with E-state index >= 15 is 0 Å². The zero-order chi connectivity index (χ0) is 21.3. The Balaban J connectivity index is 2.05.